The molecule has 1 aliphatic rings. The number of halogens is 1. The Labute approximate surface area is 136 Å². The van der Waals surface area contributed by atoms with E-state index in [4.69, 9.17) is 5.73 Å². The highest BCUT2D eigenvalue weighted by atomic mass is 35.5. The van der Waals surface area contributed by atoms with E-state index < -0.39 is 0 Å². The number of amides is 1. The van der Waals surface area contributed by atoms with Gasteiger partial charge >= 0.3 is 0 Å². The smallest absolute Gasteiger partial charge is 0.274 e. The van der Waals surface area contributed by atoms with Crippen LogP contribution in [-0.2, 0) is 0 Å². The summed E-state index contributed by atoms with van der Waals surface area (Å²) in [6.07, 6.45) is 2.01. The van der Waals surface area contributed by atoms with Crippen LogP contribution in [-0.4, -0.2) is 39.7 Å². The SMILES string of the molecule is Cc1cc(C(=O)N2CCCC2CN)nn1-c1ccccc1.Cl. The van der Waals surface area contributed by atoms with Crippen molar-refractivity contribution >= 4 is 18.3 Å². The summed E-state index contributed by atoms with van der Waals surface area (Å²) in [5.74, 6) is -0.0132. The van der Waals surface area contributed by atoms with Crippen molar-refractivity contribution in [2.24, 2.45) is 5.73 Å². The highest BCUT2D eigenvalue weighted by Gasteiger charge is 2.29. The van der Waals surface area contributed by atoms with Crippen LogP contribution in [0.25, 0.3) is 5.69 Å². The summed E-state index contributed by atoms with van der Waals surface area (Å²) in [4.78, 5) is 14.5. The first-order chi connectivity index (χ1) is 10.2. The molecule has 1 amide bonds. The molecule has 2 N–H and O–H groups in total. The number of nitrogens with zero attached hydrogens (tertiary/aromatic N) is 3. The van der Waals surface area contributed by atoms with Gasteiger partial charge in [0, 0.05) is 24.8 Å². The highest BCUT2D eigenvalue weighted by molar-refractivity contribution is 5.93. The van der Waals surface area contributed by atoms with E-state index in [2.05, 4.69) is 5.10 Å². The second-order valence-corrected chi connectivity index (χ2v) is 5.45. The number of rotatable bonds is 3. The van der Waals surface area contributed by atoms with Crippen molar-refractivity contribution in [2.45, 2.75) is 25.8 Å². The highest BCUT2D eigenvalue weighted by Crippen LogP contribution is 2.20. The quantitative estimate of drug-likeness (QED) is 0.942. The number of likely N-dealkylation sites (tertiary alicyclic amines) is 1. The average molecular weight is 321 g/mol. The van der Waals surface area contributed by atoms with Gasteiger partial charge < -0.3 is 10.6 Å². The Kier molecular flexibility index (Phi) is 5.21. The van der Waals surface area contributed by atoms with Crippen molar-refractivity contribution in [1.82, 2.24) is 14.7 Å². The van der Waals surface area contributed by atoms with Gasteiger partial charge in [0.2, 0.25) is 0 Å². The van der Waals surface area contributed by atoms with Crippen molar-refractivity contribution in [3.8, 4) is 5.69 Å². The molecule has 118 valence electrons. The monoisotopic (exact) mass is 320 g/mol. The molecule has 0 spiro atoms. The van der Waals surface area contributed by atoms with Crippen LogP contribution >= 0.6 is 12.4 Å². The lowest BCUT2D eigenvalue weighted by Gasteiger charge is -2.22. The Morgan fingerprint density at radius 1 is 1.36 bits per heavy atom. The number of para-hydroxylation sites is 1. The lowest BCUT2D eigenvalue weighted by atomic mass is 10.2. The molecule has 0 saturated carbocycles. The molecule has 0 aliphatic carbocycles. The fraction of sp³-hybridized carbons (Fsp3) is 0.375. The molecule has 1 aromatic carbocycles. The van der Waals surface area contributed by atoms with E-state index in [1.807, 2.05) is 48.2 Å². The number of nitrogens with two attached hydrogens (primary N) is 1. The molecule has 3 rings (SSSR count). The first kappa shape index (κ1) is 16.5. The molecule has 22 heavy (non-hydrogen) atoms. The second-order valence-electron chi connectivity index (χ2n) is 5.45. The van der Waals surface area contributed by atoms with Gasteiger partial charge in [0.1, 0.15) is 0 Å². The average Bonchev–Trinajstić information content (AvgIpc) is 3.13. The second kappa shape index (κ2) is 6.94. The number of carbonyl (C=O) groups is 1. The van der Waals surface area contributed by atoms with Crippen LogP contribution < -0.4 is 5.73 Å². The number of aryl methyl sites for hydroxylation is 1. The zero-order valence-corrected chi connectivity index (χ0v) is 13.4. The molecule has 1 aromatic heterocycles. The molecule has 0 radical (unpaired) electrons. The molecular weight excluding hydrogens is 300 g/mol. The molecule has 1 saturated heterocycles. The van der Waals surface area contributed by atoms with Crippen molar-refractivity contribution in [1.29, 1.82) is 0 Å². The lowest BCUT2D eigenvalue weighted by molar-refractivity contribution is 0.0734. The summed E-state index contributed by atoms with van der Waals surface area (Å²) < 4.78 is 1.81. The summed E-state index contributed by atoms with van der Waals surface area (Å²) >= 11 is 0. The molecule has 6 heteroatoms. The Hall–Kier alpha value is -1.85. The molecule has 1 aliphatic heterocycles. The normalized spacial score (nSPS) is 17.4. The van der Waals surface area contributed by atoms with Gasteiger partial charge in [-0.25, -0.2) is 4.68 Å². The number of hydrogen-bond donors (Lipinski definition) is 1. The van der Waals surface area contributed by atoms with E-state index in [1.165, 1.54) is 0 Å². The zero-order valence-electron chi connectivity index (χ0n) is 12.6. The summed E-state index contributed by atoms with van der Waals surface area (Å²) in [6, 6.07) is 11.8. The van der Waals surface area contributed by atoms with Gasteiger partial charge in [-0.3, -0.25) is 4.79 Å². The van der Waals surface area contributed by atoms with Gasteiger partial charge in [-0.15, -0.1) is 12.4 Å². The molecule has 2 aromatic rings. The Bertz CT molecular complexity index is 641. The molecule has 1 fully saturated rings. The summed E-state index contributed by atoms with van der Waals surface area (Å²) in [7, 11) is 0. The van der Waals surface area contributed by atoms with Gasteiger partial charge in [-0.1, -0.05) is 18.2 Å². The van der Waals surface area contributed by atoms with Crippen LogP contribution in [0.4, 0.5) is 0 Å². The summed E-state index contributed by atoms with van der Waals surface area (Å²) in [5, 5.41) is 4.48. The number of carbonyl (C=O) groups excluding carboxylic acids is 1. The zero-order chi connectivity index (χ0) is 14.8. The van der Waals surface area contributed by atoms with Gasteiger partial charge in [0.25, 0.3) is 5.91 Å². The van der Waals surface area contributed by atoms with Gasteiger partial charge in [0.15, 0.2) is 5.69 Å². The number of aromatic nitrogens is 2. The first-order valence-electron chi connectivity index (χ1n) is 7.34. The Balaban J connectivity index is 0.00000176. The minimum atomic E-state index is -0.0132. The third-order valence-electron chi connectivity index (χ3n) is 4.02. The summed E-state index contributed by atoms with van der Waals surface area (Å²) in [6.45, 7) is 3.25. The molecule has 5 nitrogen and oxygen atoms in total. The molecule has 2 heterocycles. The van der Waals surface area contributed by atoms with Crippen molar-refractivity contribution in [3.63, 3.8) is 0 Å². The topological polar surface area (TPSA) is 64.2 Å². The Morgan fingerprint density at radius 3 is 2.77 bits per heavy atom. The maximum atomic E-state index is 12.6. The maximum absolute atomic E-state index is 12.6. The van der Waals surface area contributed by atoms with E-state index >= 15 is 0 Å². The molecular formula is C16H21ClN4O. The van der Waals surface area contributed by atoms with Crippen LogP contribution in [0.3, 0.4) is 0 Å². The van der Waals surface area contributed by atoms with E-state index in [0.29, 0.717) is 12.2 Å². The van der Waals surface area contributed by atoms with Crippen LogP contribution in [0, 0.1) is 6.92 Å². The molecule has 0 bridgehead atoms. The lowest BCUT2D eigenvalue weighted by Crippen LogP contribution is -2.40. The summed E-state index contributed by atoms with van der Waals surface area (Å²) in [5.41, 5.74) is 8.16. The predicted molar refractivity (Wildman–Crippen MR) is 88.7 cm³/mol. The minimum absolute atomic E-state index is 0. The van der Waals surface area contributed by atoms with Crippen LogP contribution in [0.1, 0.15) is 29.0 Å². The molecule has 1 atom stereocenters. The third-order valence-corrected chi connectivity index (χ3v) is 4.02. The van der Waals surface area contributed by atoms with Crippen LogP contribution in [0.2, 0.25) is 0 Å². The van der Waals surface area contributed by atoms with E-state index in [0.717, 1.165) is 30.8 Å². The fourth-order valence-corrected chi connectivity index (χ4v) is 2.90. The van der Waals surface area contributed by atoms with E-state index in [1.54, 1.807) is 4.68 Å². The predicted octanol–water partition coefficient (Wildman–Crippen LogP) is 2.17. The largest absolute Gasteiger partial charge is 0.333 e. The number of hydrogen-bond acceptors (Lipinski definition) is 3. The fourth-order valence-electron chi connectivity index (χ4n) is 2.90. The van der Waals surface area contributed by atoms with E-state index in [-0.39, 0.29) is 24.4 Å². The van der Waals surface area contributed by atoms with E-state index in [9.17, 15) is 4.79 Å². The third kappa shape index (κ3) is 3.00. The van der Waals surface area contributed by atoms with Crippen molar-refractivity contribution in [3.05, 3.63) is 47.8 Å². The van der Waals surface area contributed by atoms with Crippen LogP contribution in [0.15, 0.2) is 36.4 Å². The van der Waals surface area contributed by atoms with Gasteiger partial charge in [-0.2, -0.15) is 5.10 Å². The standard InChI is InChI=1S/C16H20N4O.ClH/c1-12-10-15(16(21)19-9-5-8-14(19)11-17)18-20(12)13-6-3-2-4-7-13;/h2-4,6-7,10,14H,5,8-9,11,17H2,1H3;1H. The van der Waals surface area contributed by atoms with Crippen LogP contribution in [0.5, 0.6) is 0 Å². The maximum Gasteiger partial charge on any atom is 0.274 e. The molecule has 1 unspecified atom stereocenters. The van der Waals surface area contributed by atoms with Gasteiger partial charge in [0.05, 0.1) is 5.69 Å². The van der Waals surface area contributed by atoms with Crippen molar-refractivity contribution in [2.75, 3.05) is 13.1 Å². The minimum Gasteiger partial charge on any atom is -0.333 e. The first-order valence-corrected chi connectivity index (χ1v) is 7.34. The van der Waals surface area contributed by atoms with Gasteiger partial charge in [-0.05, 0) is 38.0 Å². The van der Waals surface area contributed by atoms with Crippen molar-refractivity contribution < 1.29 is 4.79 Å². The Morgan fingerprint density at radius 2 is 2.09 bits per heavy atom. The number of benzene rings is 1.